The van der Waals surface area contributed by atoms with Gasteiger partial charge in [-0.15, -0.1) is 0 Å². The second-order valence-corrected chi connectivity index (χ2v) is 6.87. The lowest BCUT2D eigenvalue weighted by molar-refractivity contribution is -0.122. The highest BCUT2D eigenvalue weighted by atomic mass is 16.1. The first kappa shape index (κ1) is 18.2. The second kappa shape index (κ2) is 7.32. The van der Waals surface area contributed by atoms with Crippen LogP contribution in [0.25, 0.3) is 11.0 Å². The molecule has 1 amide bonds. The molecule has 1 N–H and O–H groups in total. The van der Waals surface area contributed by atoms with Crippen LogP contribution in [-0.4, -0.2) is 31.8 Å². The van der Waals surface area contributed by atoms with Crippen LogP contribution in [0.1, 0.15) is 42.0 Å². The molecule has 6 heteroatoms. The van der Waals surface area contributed by atoms with Gasteiger partial charge in [-0.3, -0.25) is 9.48 Å². The van der Waals surface area contributed by atoms with Gasteiger partial charge in [-0.05, 0) is 46.2 Å². The number of carbonyl (C=O) groups excluding carboxylic acids is 1. The first-order chi connectivity index (χ1) is 12.4. The molecule has 138 valence electrons. The number of nitrogens with one attached hydrogen (secondary N) is 1. The molecule has 0 bridgehead atoms. The number of hydrogen-bond acceptors (Lipinski definition) is 3. The summed E-state index contributed by atoms with van der Waals surface area (Å²) in [6.45, 7) is 9.42. The zero-order chi connectivity index (χ0) is 18.8. The van der Waals surface area contributed by atoms with Gasteiger partial charge in [0.1, 0.15) is 5.82 Å². The average molecular weight is 353 g/mol. The van der Waals surface area contributed by atoms with Crippen molar-refractivity contribution in [3.05, 3.63) is 47.0 Å². The van der Waals surface area contributed by atoms with E-state index >= 15 is 0 Å². The van der Waals surface area contributed by atoms with E-state index in [-0.39, 0.29) is 11.8 Å². The minimum atomic E-state index is -0.195. The Labute approximate surface area is 154 Å². The fourth-order valence-electron chi connectivity index (χ4n) is 3.63. The fraction of sp³-hybridized carbons (Fsp3) is 0.450. The molecule has 2 aromatic heterocycles. The molecule has 2 heterocycles. The topological polar surface area (TPSA) is 64.7 Å². The van der Waals surface area contributed by atoms with Gasteiger partial charge >= 0.3 is 0 Å². The molecule has 0 fully saturated rings. The third kappa shape index (κ3) is 3.36. The molecule has 26 heavy (non-hydrogen) atoms. The number of fused-ring (bicyclic) bond motifs is 1. The molecular weight excluding hydrogens is 326 g/mol. The smallest absolute Gasteiger partial charge is 0.227 e. The minimum absolute atomic E-state index is 0.0522. The highest BCUT2D eigenvalue weighted by Crippen LogP contribution is 2.23. The SMILES string of the molecule is Cc1nn(C)c(C)c1C(C)C(=O)NCCCn1c(C)nc2ccccc21. The van der Waals surface area contributed by atoms with Crippen LogP contribution in [0.3, 0.4) is 0 Å². The summed E-state index contributed by atoms with van der Waals surface area (Å²) in [7, 11) is 1.91. The summed E-state index contributed by atoms with van der Waals surface area (Å²) in [5.74, 6) is 0.864. The van der Waals surface area contributed by atoms with Crippen LogP contribution < -0.4 is 5.32 Å². The molecule has 0 aliphatic heterocycles. The molecule has 1 unspecified atom stereocenters. The molecule has 3 aromatic rings. The van der Waals surface area contributed by atoms with Crippen molar-refractivity contribution in [3.63, 3.8) is 0 Å². The number of nitrogens with zero attached hydrogens (tertiary/aromatic N) is 4. The largest absolute Gasteiger partial charge is 0.356 e. The average Bonchev–Trinajstić information content (AvgIpc) is 3.06. The summed E-state index contributed by atoms with van der Waals surface area (Å²) in [6, 6.07) is 8.15. The maximum absolute atomic E-state index is 12.5. The Morgan fingerprint density at radius 3 is 2.65 bits per heavy atom. The van der Waals surface area contributed by atoms with Crippen molar-refractivity contribution >= 4 is 16.9 Å². The van der Waals surface area contributed by atoms with Crippen LogP contribution in [-0.2, 0) is 18.4 Å². The molecule has 1 aromatic carbocycles. The summed E-state index contributed by atoms with van der Waals surface area (Å²) in [5, 5.41) is 7.47. The molecule has 0 aliphatic rings. The number of aryl methyl sites for hydroxylation is 4. The highest BCUT2D eigenvalue weighted by Gasteiger charge is 2.22. The van der Waals surface area contributed by atoms with Crippen molar-refractivity contribution in [2.45, 2.75) is 46.6 Å². The van der Waals surface area contributed by atoms with Crippen molar-refractivity contribution in [2.24, 2.45) is 7.05 Å². The van der Waals surface area contributed by atoms with Crippen molar-refractivity contribution < 1.29 is 4.79 Å². The van der Waals surface area contributed by atoms with Crippen molar-refractivity contribution in [1.82, 2.24) is 24.6 Å². The van der Waals surface area contributed by atoms with Crippen LogP contribution in [0.4, 0.5) is 0 Å². The van der Waals surface area contributed by atoms with Gasteiger partial charge in [0.2, 0.25) is 5.91 Å². The maximum atomic E-state index is 12.5. The summed E-state index contributed by atoms with van der Waals surface area (Å²) in [4.78, 5) is 17.1. The van der Waals surface area contributed by atoms with E-state index in [1.54, 1.807) is 0 Å². The van der Waals surface area contributed by atoms with Crippen LogP contribution in [0, 0.1) is 20.8 Å². The number of imidazole rings is 1. The quantitative estimate of drug-likeness (QED) is 0.693. The van der Waals surface area contributed by atoms with Crippen LogP contribution >= 0.6 is 0 Å². The number of benzene rings is 1. The number of amides is 1. The van der Waals surface area contributed by atoms with Gasteiger partial charge in [-0.25, -0.2) is 4.98 Å². The fourth-order valence-corrected chi connectivity index (χ4v) is 3.63. The van der Waals surface area contributed by atoms with Crippen LogP contribution in [0.5, 0.6) is 0 Å². The van der Waals surface area contributed by atoms with Gasteiger partial charge in [0, 0.05) is 31.4 Å². The molecule has 0 spiro atoms. The summed E-state index contributed by atoms with van der Waals surface area (Å²) in [6.07, 6.45) is 0.866. The van der Waals surface area contributed by atoms with Gasteiger partial charge in [-0.2, -0.15) is 5.10 Å². The Morgan fingerprint density at radius 1 is 1.23 bits per heavy atom. The van der Waals surface area contributed by atoms with Gasteiger partial charge in [-0.1, -0.05) is 12.1 Å². The van der Waals surface area contributed by atoms with E-state index in [1.807, 2.05) is 57.6 Å². The van der Waals surface area contributed by atoms with E-state index in [0.717, 1.165) is 46.8 Å². The standard InChI is InChI=1S/C20H27N5O/c1-13(19-14(2)23-24(5)15(19)3)20(26)21-11-8-12-25-16(4)22-17-9-6-7-10-18(17)25/h6-7,9-10,13H,8,11-12H2,1-5H3,(H,21,26). The normalized spacial score (nSPS) is 12.5. The first-order valence-electron chi connectivity index (χ1n) is 9.09. The Kier molecular flexibility index (Phi) is 5.11. The highest BCUT2D eigenvalue weighted by molar-refractivity contribution is 5.83. The number of aromatic nitrogens is 4. The van der Waals surface area contributed by atoms with Crippen molar-refractivity contribution in [1.29, 1.82) is 0 Å². The number of para-hydroxylation sites is 2. The van der Waals surface area contributed by atoms with Crippen LogP contribution in [0.15, 0.2) is 24.3 Å². The molecule has 0 aliphatic carbocycles. The molecular formula is C20H27N5O. The van der Waals surface area contributed by atoms with Gasteiger partial charge in [0.25, 0.3) is 0 Å². The third-order valence-electron chi connectivity index (χ3n) is 5.09. The molecule has 1 atom stereocenters. The second-order valence-electron chi connectivity index (χ2n) is 6.87. The zero-order valence-electron chi connectivity index (χ0n) is 16.2. The number of rotatable bonds is 6. The lowest BCUT2D eigenvalue weighted by atomic mass is 9.98. The van der Waals surface area contributed by atoms with Gasteiger partial charge in [0.15, 0.2) is 0 Å². The monoisotopic (exact) mass is 353 g/mol. The zero-order valence-corrected chi connectivity index (χ0v) is 16.2. The Morgan fingerprint density at radius 2 is 1.96 bits per heavy atom. The molecule has 3 rings (SSSR count). The molecule has 0 saturated carbocycles. The predicted octanol–water partition coefficient (Wildman–Crippen LogP) is 3.01. The lowest BCUT2D eigenvalue weighted by Crippen LogP contribution is -2.30. The summed E-state index contributed by atoms with van der Waals surface area (Å²) in [5.41, 5.74) is 5.16. The van der Waals surface area contributed by atoms with Crippen molar-refractivity contribution in [3.8, 4) is 0 Å². The number of carbonyl (C=O) groups is 1. The first-order valence-corrected chi connectivity index (χ1v) is 9.09. The molecule has 0 saturated heterocycles. The van der Waals surface area contributed by atoms with Gasteiger partial charge < -0.3 is 9.88 Å². The van der Waals surface area contributed by atoms with E-state index in [0.29, 0.717) is 6.54 Å². The third-order valence-corrected chi connectivity index (χ3v) is 5.09. The van der Waals surface area contributed by atoms with Crippen LogP contribution in [0.2, 0.25) is 0 Å². The maximum Gasteiger partial charge on any atom is 0.227 e. The van der Waals surface area contributed by atoms with E-state index in [1.165, 1.54) is 0 Å². The summed E-state index contributed by atoms with van der Waals surface area (Å²) < 4.78 is 4.04. The molecule has 0 radical (unpaired) electrons. The number of hydrogen-bond donors (Lipinski definition) is 1. The van der Waals surface area contributed by atoms with E-state index in [4.69, 9.17) is 0 Å². The Bertz CT molecular complexity index is 937. The summed E-state index contributed by atoms with van der Waals surface area (Å²) >= 11 is 0. The Balaban J connectivity index is 1.58. The predicted molar refractivity (Wildman–Crippen MR) is 103 cm³/mol. The lowest BCUT2D eigenvalue weighted by Gasteiger charge is -2.13. The van der Waals surface area contributed by atoms with Crippen molar-refractivity contribution in [2.75, 3.05) is 6.54 Å². The van der Waals surface area contributed by atoms with E-state index in [9.17, 15) is 4.79 Å². The van der Waals surface area contributed by atoms with Gasteiger partial charge in [0.05, 0.1) is 22.6 Å². The molecule has 6 nitrogen and oxygen atoms in total. The van der Waals surface area contributed by atoms with E-state index in [2.05, 4.69) is 26.0 Å². The Hall–Kier alpha value is -2.63. The van der Waals surface area contributed by atoms with E-state index < -0.39 is 0 Å². The minimum Gasteiger partial charge on any atom is -0.356 e.